The molecule has 6 amide bonds. The van der Waals surface area contributed by atoms with E-state index < -0.39 is 48.1 Å². The molecule has 22 nitrogen and oxygen atoms in total. The summed E-state index contributed by atoms with van der Waals surface area (Å²) < 4.78 is 142. The van der Waals surface area contributed by atoms with Crippen molar-refractivity contribution in [2.45, 2.75) is 128 Å². The molecular weight excluding hydrogens is 1380 g/mol. The molecule has 7 aromatic rings. The van der Waals surface area contributed by atoms with Gasteiger partial charge in [-0.2, -0.15) is 0 Å². The molecule has 99 heavy (non-hydrogen) atoms. The molecule has 0 saturated heterocycles. The summed E-state index contributed by atoms with van der Waals surface area (Å²) in [6.45, 7) is 3.71. The molecular formula is C65H68F9N9O13S3. The largest absolute Gasteiger partial charge is 0.573 e. The van der Waals surface area contributed by atoms with Gasteiger partial charge in [0, 0.05) is 28.7 Å². The van der Waals surface area contributed by atoms with Crippen LogP contribution in [0.5, 0.6) is 40.2 Å². The third kappa shape index (κ3) is 29.8. The number of carbonyl (C=O) groups excluding carboxylic acids is 6. The molecule has 1 aliphatic carbocycles. The van der Waals surface area contributed by atoms with Gasteiger partial charge in [-0.25, -0.2) is 15.0 Å². The van der Waals surface area contributed by atoms with Crippen molar-refractivity contribution >= 4 is 69.5 Å². The van der Waals surface area contributed by atoms with Crippen LogP contribution in [0.2, 0.25) is 0 Å². The summed E-state index contributed by atoms with van der Waals surface area (Å²) in [6, 6.07) is 21.4. The van der Waals surface area contributed by atoms with Crippen LogP contribution < -0.4 is 65.1 Å². The molecule has 3 heterocycles. The molecule has 0 bridgehead atoms. The van der Waals surface area contributed by atoms with Crippen molar-refractivity contribution in [1.82, 2.24) is 46.9 Å². The van der Waals surface area contributed by atoms with E-state index in [1.54, 1.807) is 35.4 Å². The lowest BCUT2D eigenvalue weighted by molar-refractivity contribution is -0.275. The van der Waals surface area contributed by atoms with E-state index in [2.05, 4.69) is 73.9 Å². The summed E-state index contributed by atoms with van der Waals surface area (Å²) in [5.41, 5.74) is 1.04. The van der Waals surface area contributed by atoms with Crippen LogP contribution in [0.3, 0.4) is 0 Å². The second-order valence-corrected chi connectivity index (χ2v) is 24.1. The Hall–Kier alpha value is -9.88. The van der Waals surface area contributed by atoms with Crippen LogP contribution >= 0.6 is 34.0 Å². The van der Waals surface area contributed by atoms with E-state index >= 15 is 0 Å². The number of carbonyl (C=O) groups is 6. The van der Waals surface area contributed by atoms with Gasteiger partial charge in [-0.15, -0.1) is 79.9 Å². The van der Waals surface area contributed by atoms with E-state index in [0.717, 1.165) is 105 Å². The molecule has 532 valence electrons. The average Bonchev–Trinajstić information content (AvgIpc) is 1.84. The first-order chi connectivity index (χ1) is 47.1. The van der Waals surface area contributed by atoms with Crippen LogP contribution in [0, 0.1) is 12.3 Å². The number of amides is 6. The molecule has 3 aromatic heterocycles. The smallest absolute Gasteiger partial charge is 0.497 e. The van der Waals surface area contributed by atoms with Crippen molar-refractivity contribution < 1.29 is 101 Å². The fraction of sp³-hybridized carbons (Fsp3) is 0.369. The molecule has 1 saturated carbocycles. The van der Waals surface area contributed by atoms with Crippen LogP contribution in [0.15, 0.2) is 113 Å². The predicted molar refractivity (Wildman–Crippen MR) is 345 cm³/mol. The van der Waals surface area contributed by atoms with Crippen molar-refractivity contribution in [2.75, 3.05) is 26.9 Å². The van der Waals surface area contributed by atoms with Crippen LogP contribution in [0.4, 0.5) is 39.5 Å². The Morgan fingerprint density at radius 1 is 0.505 bits per heavy atom. The normalized spacial score (nSPS) is 12.8. The Morgan fingerprint density at radius 3 is 1.23 bits per heavy atom. The lowest BCUT2D eigenvalue weighted by Crippen LogP contribution is -2.48. The van der Waals surface area contributed by atoms with Gasteiger partial charge in [0.2, 0.25) is 0 Å². The Bertz CT molecular complexity index is 3750. The Morgan fingerprint density at radius 2 is 0.869 bits per heavy atom. The molecule has 0 spiro atoms. The number of hydrogen-bond donors (Lipinski definition) is 6. The van der Waals surface area contributed by atoms with Crippen LogP contribution in [0.1, 0.15) is 124 Å². The number of halogens is 9. The van der Waals surface area contributed by atoms with Crippen molar-refractivity contribution in [3.63, 3.8) is 0 Å². The summed E-state index contributed by atoms with van der Waals surface area (Å²) in [6.07, 6.45) is 0.0364. The first-order valence-electron chi connectivity index (χ1n) is 30.2. The first-order valence-corrected chi connectivity index (χ1v) is 32.8. The van der Waals surface area contributed by atoms with Crippen LogP contribution in [-0.4, -0.2) is 108 Å². The Kier molecular flexibility index (Phi) is 30.2. The molecule has 34 heteroatoms. The number of aromatic nitrogens is 3. The molecule has 4 aromatic carbocycles. The zero-order valence-electron chi connectivity index (χ0n) is 53.2. The van der Waals surface area contributed by atoms with Crippen molar-refractivity contribution in [3.8, 4) is 52.6 Å². The number of alkyl halides is 9. The van der Waals surface area contributed by atoms with Gasteiger partial charge in [-0.05, 0) is 117 Å². The highest BCUT2D eigenvalue weighted by atomic mass is 32.1. The van der Waals surface area contributed by atoms with Crippen LogP contribution in [0.25, 0.3) is 0 Å². The quantitative estimate of drug-likeness (QED) is 0.0139. The van der Waals surface area contributed by atoms with Gasteiger partial charge in [0.1, 0.15) is 77.9 Å². The average molecular weight is 1450 g/mol. The Balaban J connectivity index is 0.000000234. The van der Waals surface area contributed by atoms with Gasteiger partial charge in [-0.1, -0.05) is 63.5 Å². The zero-order chi connectivity index (χ0) is 72.0. The molecule has 8 rings (SSSR count). The molecule has 1 unspecified atom stereocenters. The van der Waals surface area contributed by atoms with Crippen LogP contribution in [-0.2, 0) is 40.6 Å². The van der Waals surface area contributed by atoms with Gasteiger partial charge in [0.05, 0.1) is 26.7 Å². The summed E-state index contributed by atoms with van der Waals surface area (Å²) >= 11 is 3.70. The fourth-order valence-electron chi connectivity index (χ4n) is 8.65. The number of nitrogens with one attached hydrogen (secondary N) is 6. The summed E-state index contributed by atoms with van der Waals surface area (Å²) in [4.78, 5) is 85.7. The lowest BCUT2D eigenvalue weighted by atomic mass is 9.82. The molecule has 0 aliphatic heterocycles. The monoisotopic (exact) mass is 1450 g/mol. The van der Waals surface area contributed by atoms with E-state index in [4.69, 9.17) is 25.4 Å². The van der Waals surface area contributed by atoms with Gasteiger partial charge >= 0.3 is 19.1 Å². The maximum absolute atomic E-state index is 12.5. The van der Waals surface area contributed by atoms with Gasteiger partial charge in [-0.3, -0.25) is 28.8 Å². The minimum absolute atomic E-state index is 0.0603. The van der Waals surface area contributed by atoms with Crippen molar-refractivity contribution in [3.05, 3.63) is 151 Å². The molecule has 1 aliphatic rings. The molecule has 1 atom stereocenters. The first kappa shape index (κ1) is 78.1. The summed E-state index contributed by atoms with van der Waals surface area (Å²) in [5, 5.41) is 22.9. The topological polar surface area (TPSA) is 278 Å². The van der Waals surface area contributed by atoms with E-state index in [9.17, 15) is 68.3 Å². The van der Waals surface area contributed by atoms with E-state index in [1.165, 1.54) is 70.4 Å². The lowest BCUT2D eigenvalue weighted by Gasteiger charge is -2.33. The molecule has 1 fully saturated rings. The number of methoxy groups -OCH3 is 1. The van der Waals surface area contributed by atoms with Gasteiger partial charge in [0.25, 0.3) is 35.4 Å². The zero-order valence-corrected chi connectivity index (χ0v) is 55.7. The SMILES string of the molecule is C#CC1(NC(=O)c2csc(CNC(=O)COc3ccc(OC(F)(F)F)cc3)n2)CCCCC1.CCCCCC(C)NC(=O)c1csc(CNC(=O)COc2ccc(OC(F)(F)F)cc2)n1.COc1ccc(CNC(=O)c2csc(CNC(=O)COc3ccc(OC(F)(F)F)cc3)n2)cc1. The van der Waals surface area contributed by atoms with Crippen molar-refractivity contribution in [1.29, 1.82) is 0 Å². The van der Waals surface area contributed by atoms with E-state index in [0.29, 0.717) is 27.3 Å². The van der Waals surface area contributed by atoms with Gasteiger partial charge < -0.3 is 65.1 Å². The summed E-state index contributed by atoms with van der Waals surface area (Å²) in [7, 11) is 1.57. The number of unbranched alkanes of at least 4 members (excludes halogenated alkanes) is 2. The van der Waals surface area contributed by atoms with Crippen molar-refractivity contribution in [2.24, 2.45) is 0 Å². The maximum atomic E-state index is 12.5. The number of benzene rings is 4. The second-order valence-electron chi connectivity index (χ2n) is 21.3. The minimum Gasteiger partial charge on any atom is -0.497 e. The Labute approximate surface area is 574 Å². The number of ether oxygens (including phenoxy) is 7. The highest BCUT2D eigenvalue weighted by molar-refractivity contribution is 7.10. The highest BCUT2D eigenvalue weighted by Gasteiger charge is 2.34. The number of nitrogens with zero attached hydrogens (tertiary/aromatic N) is 3. The summed E-state index contributed by atoms with van der Waals surface area (Å²) in [5.74, 6) is 0.621. The highest BCUT2D eigenvalue weighted by Crippen LogP contribution is 2.30. The number of terminal acetylenes is 1. The van der Waals surface area contributed by atoms with E-state index in [1.807, 2.05) is 19.1 Å². The predicted octanol–water partition coefficient (Wildman–Crippen LogP) is 11.9. The number of hydrogen-bond acceptors (Lipinski definition) is 19. The second kappa shape index (κ2) is 38.3. The van der Waals surface area contributed by atoms with E-state index in [-0.39, 0.29) is 103 Å². The molecule has 0 radical (unpaired) electrons. The number of rotatable bonds is 30. The third-order valence-electron chi connectivity index (χ3n) is 13.5. The standard InChI is InChI=1S/C22H20F3N3O5S.C22H22F3N3O4S.C21H26F3N3O4S/c1-31-15-4-2-14(3-5-15)10-27-21(30)18-13-34-20(28-18)11-26-19(29)12-32-16-6-8-17(9-7-16)33-22(23,24)25;1-2-21(10-4-3-5-11-21)28-20(30)17-14-33-19(27-17)12-26-18(29)13-31-15-6-8-16(9-7-15)32-22(23,24)25;1-3-4-5-6-14(2)26-20(29)17-13-32-19(27-17)11-25-18(28)12-30-15-7-9-16(10-8-15)31-21(22,23)24/h2-9,13H,10-12H2,1H3,(H,26,29)(H,27,30);1,6-9,14H,3-5,10-13H2,(H,26,29)(H,28,30);7-10,13-14H,3-6,11-12H2,1-2H3,(H,25,28)(H,26,29). The fourth-order valence-corrected chi connectivity index (χ4v) is 10.8. The minimum atomic E-state index is -4.78. The molecule has 6 N–H and O–H groups in total. The maximum Gasteiger partial charge on any atom is 0.573 e. The number of thiazole rings is 3. The van der Waals surface area contributed by atoms with Gasteiger partial charge in [0.15, 0.2) is 19.8 Å². The third-order valence-corrected chi connectivity index (χ3v) is 16.1.